The second kappa shape index (κ2) is 6.66. The normalized spacial score (nSPS) is 16.9. The SMILES string of the molecule is C[C@@H](NC(=O)C(=S)NC1CCCC1)c1ccccc1. The van der Waals surface area contributed by atoms with Crippen LogP contribution in [0.15, 0.2) is 30.3 Å². The van der Waals surface area contributed by atoms with E-state index >= 15 is 0 Å². The van der Waals surface area contributed by atoms with Crippen LogP contribution in [0.3, 0.4) is 0 Å². The average Bonchev–Trinajstić information content (AvgIpc) is 2.92. The van der Waals surface area contributed by atoms with Gasteiger partial charge in [-0.2, -0.15) is 0 Å². The van der Waals surface area contributed by atoms with E-state index in [4.69, 9.17) is 12.2 Å². The van der Waals surface area contributed by atoms with Gasteiger partial charge in [-0.25, -0.2) is 0 Å². The van der Waals surface area contributed by atoms with E-state index in [9.17, 15) is 4.79 Å². The van der Waals surface area contributed by atoms with Crippen LogP contribution in [0.5, 0.6) is 0 Å². The van der Waals surface area contributed by atoms with E-state index in [2.05, 4.69) is 10.6 Å². The Hall–Kier alpha value is -1.42. The first-order chi connectivity index (χ1) is 9.16. The molecule has 0 aliphatic heterocycles. The smallest absolute Gasteiger partial charge is 0.279 e. The molecule has 3 nitrogen and oxygen atoms in total. The lowest BCUT2D eigenvalue weighted by Crippen LogP contribution is -2.43. The van der Waals surface area contributed by atoms with Gasteiger partial charge in [0.1, 0.15) is 0 Å². The van der Waals surface area contributed by atoms with Crippen LogP contribution in [-0.4, -0.2) is 16.9 Å². The number of carbonyl (C=O) groups is 1. The number of carbonyl (C=O) groups excluding carboxylic acids is 1. The molecule has 1 atom stereocenters. The van der Waals surface area contributed by atoms with Gasteiger partial charge in [0.05, 0.1) is 6.04 Å². The monoisotopic (exact) mass is 276 g/mol. The molecule has 1 amide bonds. The van der Waals surface area contributed by atoms with Crippen molar-refractivity contribution in [1.82, 2.24) is 10.6 Å². The standard InChI is InChI=1S/C15H20N2OS/c1-11(12-7-3-2-4-8-12)16-14(18)15(19)17-13-9-5-6-10-13/h2-4,7-8,11,13H,5-6,9-10H2,1H3,(H,16,18)(H,17,19)/t11-/m1/s1. The Bertz CT molecular complexity index is 441. The van der Waals surface area contributed by atoms with E-state index in [1.165, 1.54) is 12.8 Å². The molecule has 0 spiro atoms. The van der Waals surface area contributed by atoms with Gasteiger partial charge < -0.3 is 10.6 Å². The van der Waals surface area contributed by atoms with Crippen molar-refractivity contribution in [2.45, 2.75) is 44.7 Å². The van der Waals surface area contributed by atoms with Crippen LogP contribution >= 0.6 is 12.2 Å². The summed E-state index contributed by atoms with van der Waals surface area (Å²) in [6.45, 7) is 1.96. The number of benzene rings is 1. The molecule has 0 bridgehead atoms. The van der Waals surface area contributed by atoms with Gasteiger partial charge in [0.25, 0.3) is 5.91 Å². The fourth-order valence-corrected chi connectivity index (χ4v) is 2.63. The second-order valence-electron chi connectivity index (χ2n) is 5.06. The summed E-state index contributed by atoms with van der Waals surface area (Å²) in [6.07, 6.45) is 4.67. The summed E-state index contributed by atoms with van der Waals surface area (Å²) in [5, 5.41) is 6.08. The zero-order valence-electron chi connectivity index (χ0n) is 11.2. The number of rotatable bonds is 3. The molecule has 1 aromatic rings. The topological polar surface area (TPSA) is 41.1 Å². The van der Waals surface area contributed by atoms with E-state index in [0.29, 0.717) is 11.0 Å². The minimum Gasteiger partial charge on any atom is -0.369 e. The third-order valence-corrected chi connectivity index (χ3v) is 3.85. The predicted octanol–water partition coefficient (Wildman–Crippen LogP) is 2.72. The summed E-state index contributed by atoms with van der Waals surface area (Å²) in [5.74, 6) is -0.182. The lowest BCUT2D eigenvalue weighted by molar-refractivity contribution is -0.115. The molecule has 1 saturated carbocycles. The van der Waals surface area contributed by atoms with Crippen molar-refractivity contribution < 1.29 is 4.79 Å². The Morgan fingerprint density at radius 3 is 2.53 bits per heavy atom. The first-order valence-corrected chi connectivity index (χ1v) is 7.24. The molecule has 2 rings (SSSR count). The summed E-state index contributed by atoms with van der Waals surface area (Å²) < 4.78 is 0. The van der Waals surface area contributed by atoms with Crippen LogP contribution in [0.25, 0.3) is 0 Å². The third-order valence-electron chi connectivity index (χ3n) is 3.54. The largest absolute Gasteiger partial charge is 0.369 e. The molecule has 4 heteroatoms. The highest BCUT2D eigenvalue weighted by Gasteiger charge is 2.19. The summed E-state index contributed by atoms with van der Waals surface area (Å²) in [6, 6.07) is 10.2. The van der Waals surface area contributed by atoms with Crippen molar-refractivity contribution in [3.63, 3.8) is 0 Å². The second-order valence-corrected chi connectivity index (χ2v) is 5.47. The van der Waals surface area contributed by atoms with Gasteiger partial charge in [0, 0.05) is 6.04 Å². The lowest BCUT2D eigenvalue weighted by Gasteiger charge is -2.17. The van der Waals surface area contributed by atoms with E-state index in [-0.39, 0.29) is 11.9 Å². The fraction of sp³-hybridized carbons (Fsp3) is 0.467. The van der Waals surface area contributed by atoms with Crippen molar-refractivity contribution in [3.8, 4) is 0 Å². The Labute approximate surface area is 119 Å². The van der Waals surface area contributed by atoms with Crippen LogP contribution in [0.1, 0.15) is 44.2 Å². The average molecular weight is 276 g/mol. The van der Waals surface area contributed by atoms with Crippen molar-refractivity contribution >= 4 is 23.1 Å². The maximum absolute atomic E-state index is 12.0. The third kappa shape index (κ3) is 4.03. The molecular formula is C15H20N2OS. The number of thiocarbonyl (C=S) groups is 1. The molecule has 0 unspecified atom stereocenters. The molecule has 0 radical (unpaired) electrons. The van der Waals surface area contributed by atoms with Gasteiger partial charge >= 0.3 is 0 Å². The van der Waals surface area contributed by atoms with Crippen molar-refractivity contribution in [1.29, 1.82) is 0 Å². The van der Waals surface area contributed by atoms with Crippen LogP contribution in [0.2, 0.25) is 0 Å². The Morgan fingerprint density at radius 2 is 1.89 bits per heavy atom. The van der Waals surface area contributed by atoms with Crippen molar-refractivity contribution in [2.75, 3.05) is 0 Å². The van der Waals surface area contributed by atoms with Gasteiger partial charge in [-0.15, -0.1) is 0 Å². The highest BCUT2D eigenvalue weighted by atomic mass is 32.1. The molecule has 102 valence electrons. The van der Waals surface area contributed by atoms with Gasteiger partial charge in [0.2, 0.25) is 0 Å². The zero-order valence-corrected chi connectivity index (χ0v) is 12.0. The molecule has 0 saturated heterocycles. The van der Waals surface area contributed by atoms with Crippen molar-refractivity contribution in [3.05, 3.63) is 35.9 Å². The molecule has 1 fully saturated rings. The molecule has 0 aromatic heterocycles. The molecule has 1 aromatic carbocycles. The van der Waals surface area contributed by atoms with E-state index in [1.54, 1.807) is 0 Å². The van der Waals surface area contributed by atoms with E-state index in [0.717, 1.165) is 18.4 Å². The Morgan fingerprint density at radius 1 is 1.26 bits per heavy atom. The van der Waals surface area contributed by atoms with Gasteiger partial charge in [-0.3, -0.25) is 4.79 Å². The minimum absolute atomic E-state index is 0.0305. The lowest BCUT2D eigenvalue weighted by atomic mass is 10.1. The minimum atomic E-state index is -0.182. The molecule has 2 N–H and O–H groups in total. The number of hydrogen-bond donors (Lipinski definition) is 2. The number of nitrogens with one attached hydrogen (secondary N) is 2. The highest BCUT2D eigenvalue weighted by Crippen LogP contribution is 2.17. The van der Waals surface area contributed by atoms with Gasteiger partial charge in [0.15, 0.2) is 4.99 Å². The van der Waals surface area contributed by atoms with E-state index in [1.807, 2.05) is 37.3 Å². The molecule has 0 heterocycles. The molecule has 19 heavy (non-hydrogen) atoms. The first kappa shape index (κ1) is 14.0. The highest BCUT2D eigenvalue weighted by molar-refractivity contribution is 7.82. The van der Waals surface area contributed by atoms with Crippen LogP contribution < -0.4 is 10.6 Å². The van der Waals surface area contributed by atoms with Crippen LogP contribution in [0.4, 0.5) is 0 Å². The summed E-state index contributed by atoms with van der Waals surface area (Å²) in [5.41, 5.74) is 1.08. The van der Waals surface area contributed by atoms with Gasteiger partial charge in [-0.1, -0.05) is 55.4 Å². The quantitative estimate of drug-likeness (QED) is 0.834. The van der Waals surface area contributed by atoms with E-state index < -0.39 is 0 Å². The Kier molecular flexibility index (Phi) is 4.91. The molecular weight excluding hydrogens is 256 g/mol. The first-order valence-electron chi connectivity index (χ1n) is 6.83. The van der Waals surface area contributed by atoms with Crippen molar-refractivity contribution in [2.24, 2.45) is 0 Å². The number of amides is 1. The summed E-state index contributed by atoms with van der Waals surface area (Å²) >= 11 is 5.16. The summed E-state index contributed by atoms with van der Waals surface area (Å²) in [7, 11) is 0. The fourth-order valence-electron chi connectivity index (χ4n) is 2.41. The molecule has 1 aliphatic carbocycles. The maximum atomic E-state index is 12.0. The number of hydrogen-bond acceptors (Lipinski definition) is 2. The van der Waals surface area contributed by atoms with Crippen LogP contribution in [0, 0.1) is 0 Å². The maximum Gasteiger partial charge on any atom is 0.279 e. The summed E-state index contributed by atoms with van der Waals surface area (Å²) in [4.78, 5) is 12.3. The predicted molar refractivity (Wildman–Crippen MR) is 81.0 cm³/mol. The molecule has 1 aliphatic rings. The zero-order chi connectivity index (χ0) is 13.7. The van der Waals surface area contributed by atoms with Crippen LogP contribution in [-0.2, 0) is 4.79 Å². The van der Waals surface area contributed by atoms with Gasteiger partial charge in [-0.05, 0) is 25.3 Å². The Balaban J connectivity index is 1.84.